The van der Waals surface area contributed by atoms with Crippen molar-refractivity contribution >= 4 is 22.7 Å². The summed E-state index contributed by atoms with van der Waals surface area (Å²) in [5.74, 6) is 0.103. The summed E-state index contributed by atoms with van der Waals surface area (Å²) in [6, 6.07) is 7.70. The van der Waals surface area contributed by atoms with Crippen LogP contribution in [0.15, 0.2) is 29.2 Å². The molecule has 1 rings (SSSR count). The molecule has 0 unspecified atom stereocenters. The molecule has 0 spiro atoms. The van der Waals surface area contributed by atoms with E-state index in [1.165, 1.54) is 0 Å². The molecule has 0 atom stereocenters. The zero-order valence-corrected chi connectivity index (χ0v) is 14.4. The van der Waals surface area contributed by atoms with Gasteiger partial charge in [0.05, 0.1) is 28.2 Å². The summed E-state index contributed by atoms with van der Waals surface area (Å²) in [7, 11) is 8.08. The Balaban J connectivity index is 0.00000289. The van der Waals surface area contributed by atoms with Crippen molar-refractivity contribution in [2.24, 2.45) is 0 Å². The number of Topliss-reactive ketones (excluding diaryl/α,β-unsaturated/α-hetero) is 1. The lowest BCUT2D eigenvalue weighted by Crippen LogP contribution is -3.00. The van der Waals surface area contributed by atoms with Crippen molar-refractivity contribution in [2.45, 2.75) is 11.8 Å². The predicted octanol–water partition coefficient (Wildman–Crippen LogP) is -0.825. The fourth-order valence-electron chi connectivity index (χ4n) is 1.45. The van der Waals surface area contributed by atoms with Crippen LogP contribution in [0.25, 0.3) is 0 Å². The van der Waals surface area contributed by atoms with Crippen molar-refractivity contribution in [3.8, 4) is 0 Å². The van der Waals surface area contributed by atoms with Crippen LogP contribution in [0.1, 0.15) is 17.3 Å². The lowest BCUT2D eigenvalue weighted by Gasteiger charge is -2.10. The van der Waals surface area contributed by atoms with Crippen molar-refractivity contribution in [2.75, 3.05) is 28.2 Å². The van der Waals surface area contributed by atoms with Gasteiger partial charge in [0.15, 0.2) is 5.78 Å². The van der Waals surface area contributed by atoms with Crippen molar-refractivity contribution in [1.29, 1.82) is 0 Å². The SMILES string of the molecule is CC(=O)c1ccc(SC(N(C)C)=[N+](C)C)cc1.[I-]. The molecule has 0 saturated heterocycles. The number of ketones is 1. The van der Waals surface area contributed by atoms with Gasteiger partial charge in [0.2, 0.25) is 0 Å². The predicted molar refractivity (Wildman–Crippen MR) is 73.1 cm³/mol. The van der Waals surface area contributed by atoms with E-state index in [0.717, 1.165) is 15.6 Å². The van der Waals surface area contributed by atoms with Crippen molar-refractivity contribution < 1.29 is 33.3 Å². The molecule has 1 aromatic carbocycles. The molecule has 1 aromatic rings. The van der Waals surface area contributed by atoms with Crippen LogP contribution >= 0.6 is 11.8 Å². The highest BCUT2D eigenvalue weighted by Gasteiger charge is 2.13. The van der Waals surface area contributed by atoms with Crippen molar-refractivity contribution in [1.82, 2.24) is 4.90 Å². The second-order valence-electron chi connectivity index (χ2n) is 4.25. The number of benzene rings is 1. The van der Waals surface area contributed by atoms with E-state index in [2.05, 4.69) is 9.48 Å². The summed E-state index contributed by atoms with van der Waals surface area (Å²) in [4.78, 5) is 14.4. The van der Waals surface area contributed by atoms with Crippen LogP contribution in [0.5, 0.6) is 0 Å². The lowest BCUT2D eigenvalue weighted by molar-refractivity contribution is -0.466. The van der Waals surface area contributed by atoms with Gasteiger partial charge >= 0.3 is 5.17 Å². The Morgan fingerprint density at radius 2 is 1.67 bits per heavy atom. The number of nitrogens with zero attached hydrogens (tertiary/aromatic N) is 2. The highest BCUT2D eigenvalue weighted by Crippen LogP contribution is 2.20. The van der Waals surface area contributed by atoms with Gasteiger partial charge in [-0.3, -0.25) is 14.3 Å². The Morgan fingerprint density at radius 3 is 2.00 bits per heavy atom. The number of hydrogen-bond acceptors (Lipinski definition) is 2. The molecule has 0 aliphatic carbocycles. The average Bonchev–Trinajstić information content (AvgIpc) is 2.25. The van der Waals surface area contributed by atoms with E-state index in [-0.39, 0.29) is 29.8 Å². The third-order valence-electron chi connectivity index (χ3n) is 2.24. The van der Waals surface area contributed by atoms with Gasteiger partial charge < -0.3 is 24.0 Å². The molecule has 0 heterocycles. The van der Waals surface area contributed by atoms with Crippen molar-refractivity contribution in [3.63, 3.8) is 0 Å². The Labute approximate surface area is 130 Å². The number of rotatable bonds is 2. The number of carbonyl (C=O) groups is 1. The third-order valence-corrected chi connectivity index (χ3v) is 3.66. The number of halogens is 1. The highest BCUT2D eigenvalue weighted by molar-refractivity contribution is 8.13. The van der Waals surface area contributed by atoms with Gasteiger partial charge in [-0.2, -0.15) is 0 Å². The first-order chi connectivity index (χ1) is 7.91. The van der Waals surface area contributed by atoms with E-state index >= 15 is 0 Å². The van der Waals surface area contributed by atoms with E-state index in [9.17, 15) is 4.79 Å². The molecule has 0 aromatic heterocycles. The minimum absolute atomic E-state index is 0. The monoisotopic (exact) mass is 378 g/mol. The van der Waals surface area contributed by atoms with Crippen LogP contribution in [-0.2, 0) is 0 Å². The van der Waals surface area contributed by atoms with Crippen LogP contribution in [0, 0.1) is 0 Å². The highest BCUT2D eigenvalue weighted by atomic mass is 127. The van der Waals surface area contributed by atoms with E-state index in [0.29, 0.717) is 0 Å². The Morgan fingerprint density at radius 1 is 1.17 bits per heavy atom. The molecule has 0 radical (unpaired) electrons. The van der Waals surface area contributed by atoms with E-state index < -0.39 is 0 Å². The summed E-state index contributed by atoms with van der Waals surface area (Å²) in [5, 5.41) is 1.15. The van der Waals surface area contributed by atoms with Crippen LogP contribution in [0.3, 0.4) is 0 Å². The molecule has 0 N–H and O–H groups in total. The summed E-state index contributed by atoms with van der Waals surface area (Å²) >= 11 is 1.68. The lowest BCUT2D eigenvalue weighted by atomic mass is 10.2. The number of carbonyl (C=O) groups excluding carboxylic acids is 1. The fourth-order valence-corrected chi connectivity index (χ4v) is 2.29. The Bertz CT molecular complexity index is 437. The van der Waals surface area contributed by atoms with Crippen LogP contribution in [0.4, 0.5) is 0 Å². The summed E-state index contributed by atoms with van der Waals surface area (Å²) in [6.07, 6.45) is 0. The first-order valence-electron chi connectivity index (χ1n) is 5.42. The van der Waals surface area contributed by atoms with Gasteiger partial charge in [0.1, 0.15) is 0 Å². The molecular weight excluding hydrogens is 359 g/mol. The fraction of sp³-hybridized carbons (Fsp3) is 0.385. The summed E-state index contributed by atoms with van der Waals surface area (Å²) in [5.41, 5.74) is 0.755. The molecular formula is C13H19IN2OS. The van der Waals surface area contributed by atoms with Gasteiger partial charge in [-0.1, -0.05) is 12.1 Å². The summed E-state index contributed by atoms with van der Waals surface area (Å²) < 4.78 is 2.07. The van der Waals surface area contributed by atoms with E-state index in [1.54, 1.807) is 18.7 Å². The smallest absolute Gasteiger partial charge is 0.312 e. The molecule has 0 aliphatic rings. The standard InChI is InChI=1S/C13H19N2OS.HI/c1-10(16)11-6-8-12(9-7-11)17-13(14(2)3)15(4)5;/h6-9H,1-5H3;1H/q+1;/p-1. The number of thioether (sulfide) groups is 1. The molecule has 0 amide bonds. The maximum Gasteiger partial charge on any atom is 0.312 e. The topological polar surface area (TPSA) is 23.3 Å². The van der Waals surface area contributed by atoms with Gasteiger partial charge in [-0.15, -0.1) is 0 Å². The van der Waals surface area contributed by atoms with E-state index in [1.807, 2.05) is 52.5 Å². The first kappa shape index (κ1) is 17.4. The quantitative estimate of drug-likeness (QED) is 0.168. The molecule has 0 bridgehead atoms. The second kappa shape index (κ2) is 7.78. The molecule has 0 saturated carbocycles. The zero-order chi connectivity index (χ0) is 13.0. The van der Waals surface area contributed by atoms with Crippen LogP contribution in [0.2, 0.25) is 0 Å². The van der Waals surface area contributed by atoms with Crippen LogP contribution < -0.4 is 24.0 Å². The maximum atomic E-state index is 11.2. The second-order valence-corrected chi connectivity index (χ2v) is 5.29. The summed E-state index contributed by atoms with van der Waals surface area (Å²) in [6.45, 7) is 1.58. The Kier molecular flexibility index (Phi) is 7.54. The number of amidine groups is 1. The van der Waals surface area contributed by atoms with Gasteiger partial charge in [0.25, 0.3) is 0 Å². The molecule has 100 valence electrons. The van der Waals surface area contributed by atoms with E-state index in [4.69, 9.17) is 0 Å². The minimum atomic E-state index is 0. The van der Waals surface area contributed by atoms with Gasteiger partial charge in [0, 0.05) is 10.5 Å². The Hall–Kier alpha value is -0.560. The van der Waals surface area contributed by atoms with Gasteiger partial charge in [-0.05, 0) is 30.8 Å². The molecule has 0 fully saturated rings. The van der Waals surface area contributed by atoms with Crippen molar-refractivity contribution in [3.05, 3.63) is 29.8 Å². The third kappa shape index (κ3) is 4.97. The first-order valence-corrected chi connectivity index (χ1v) is 6.24. The van der Waals surface area contributed by atoms with Crippen LogP contribution in [-0.4, -0.2) is 48.6 Å². The number of hydrogen-bond donors (Lipinski definition) is 0. The molecule has 3 nitrogen and oxygen atoms in total. The maximum absolute atomic E-state index is 11.2. The van der Waals surface area contributed by atoms with Gasteiger partial charge in [-0.25, -0.2) is 0 Å². The largest absolute Gasteiger partial charge is 1.00 e. The zero-order valence-electron chi connectivity index (χ0n) is 11.4. The minimum Gasteiger partial charge on any atom is -1.00 e. The normalized spacial score (nSPS) is 9.39. The average molecular weight is 378 g/mol. The molecule has 18 heavy (non-hydrogen) atoms. The molecule has 0 aliphatic heterocycles. The molecule has 5 heteroatoms.